The fourth-order valence-corrected chi connectivity index (χ4v) is 2.33. The van der Waals surface area contributed by atoms with Crippen LogP contribution in [0.15, 0.2) is 0 Å². The van der Waals surface area contributed by atoms with Crippen molar-refractivity contribution in [3.63, 3.8) is 0 Å². The highest BCUT2D eigenvalue weighted by atomic mass is 35.5. The van der Waals surface area contributed by atoms with Crippen molar-refractivity contribution in [1.82, 2.24) is 0 Å². The largest absolute Gasteiger partial charge is 0.481 e. The molecular weight excluding hydrogens is 246 g/mol. The van der Waals surface area contributed by atoms with E-state index in [1.54, 1.807) is 6.92 Å². The predicted molar refractivity (Wildman–Crippen MR) is 60.4 cm³/mol. The SMILES string of the molecule is CC(Cl)(Cl)CC1C(C(=O)O)C1(C)C.Cl. The van der Waals surface area contributed by atoms with E-state index < -0.39 is 10.3 Å². The molecule has 1 aliphatic rings. The van der Waals surface area contributed by atoms with Crippen molar-refractivity contribution >= 4 is 41.6 Å². The molecule has 2 unspecified atom stereocenters. The molecule has 0 aromatic heterocycles. The van der Waals surface area contributed by atoms with Gasteiger partial charge in [-0.15, -0.1) is 35.6 Å². The highest BCUT2D eigenvalue weighted by molar-refractivity contribution is 6.48. The molecule has 84 valence electrons. The Morgan fingerprint density at radius 1 is 1.50 bits per heavy atom. The van der Waals surface area contributed by atoms with Gasteiger partial charge in [0.2, 0.25) is 0 Å². The zero-order chi connectivity index (χ0) is 10.4. The van der Waals surface area contributed by atoms with Crippen molar-refractivity contribution < 1.29 is 9.90 Å². The monoisotopic (exact) mass is 260 g/mol. The molecule has 0 radical (unpaired) electrons. The standard InChI is InChI=1S/C9H14Cl2O2.ClH/c1-8(2)5(4-9(3,10)11)6(8)7(12)13;/h5-6H,4H2,1-3H3,(H,12,13);1H. The summed E-state index contributed by atoms with van der Waals surface area (Å²) in [6, 6.07) is 0. The van der Waals surface area contributed by atoms with Crippen LogP contribution in [0.4, 0.5) is 0 Å². The number of carboxylic acids is 1. The number of halogens is 3. The third-order valence-corrected chi connectivity index (χ3v) is 3.20. The fraction of sp³-hybridized carbons (Fsp3) is 0.889. The molecule has 14 heavy (non-hydrogen) atoms. The third-order valence-electron chi connectivity index (χ3n) is 2.89. The van der Waals surface area contributed by atoms with E-state index in [9.17, 15) is 4.79 Å². The summed E-state index contributed by atoms with van der Waals surface area (Å²) in [5.41, 5.74) is -0.156. The van der Waals surface area contributed by atoms with E-state index in [4.69, 9.17) is 28.3 Å². The predicted octanol–water partition coefficient (Wildman–Crippen LogP) is 3.35. The zero-order valence-corrected chi connectivity index (χ0v) is 10.7. The molecule has 1 aliphatic carbocycles. The van der Waals surface area contributed by atoms with Crippen molar-refractivity contribution in [2.45, 2.75) is 31.5 Å². The summed E-state index contributed by atoms with van der Waals surface area (Å²) in [7, 11) is 0. The number of alkyl halides is 2. The molecule has 5 heteroatoms. The normalized spacial score (nSPS) is 29.2. The van der Waals surface area contributed by atoms with Gasteiger partial charge >= 0.3 is 5.97 Å². The number of rotatable bonds is 3. The minimum atomic E-state index is -0.813. The molecule has 0 saturated heterocycles. The Morgan fingerprint density at radius 3 is 2.14 bits per heavy atom. The van der Waals surface area contributed by atoms with Gasteiger partial charge in [-0.2, -0.15) is 0 Å². The Balaban J connectivity index is 0.00000169. The highest BCUT2D eigenvalue weighted by Gasteiger charge is 2.62. The van der Waals surface area contributed by atoms with Crippen molar-refractivity contribution in [3.05, 3.63) is 0 Å². The lowest BCUT2D eigenvalue weighted by Crippen LogP contribution is -2.09. The van der Waals surface area contributed by atoms with Crippen molar-refractivity contribution in [1.29, 1.82) is 0 Å². The molecule has 2 nitrogen and oxygen atoms in total. The molecule has 0 bridgehead atoms. The van der Waals surface area contributed by atoms with E-state index in [1.807, 2.05) is 13.8 Å². The van der Waals surface area contributed by atoms with Crippen LogP contribution in [0.3, 0.4) is 0 Å². The molecule has 1 fully saturated rings. The molecule has 1 saturated carbocycles. The summed E-state index contributed by atoms with van der Waals surface area (Å²) < 4.78 is -0.813. The van der Waals surface area contributed by atoms with Crippen LogP contribution in [0.1, 0.15) is 27.2 Å². The summed E-state index contributed by atoms with van der Waals surface area (Å²) in [4.78, 5) is 10.8. The first-order valence-corrected chi connectivity index (χ1v) is 5.02. The van der Waals surface area contributed by atoms with Gasteiger partial charge in [0.25, 0.3) is 0 Å². The lowest BCUT2D eigenvalue weighted by Gasteiger charge is -2.13. The quantitative estimate of drug-likeness (QED) is 0.791. The van der Waals surface area contributed by atoms with Crippen LogP contribution in [0.5, 0.6) is 0 Å². The van der Waals surface area contributed by atoms with Crippen LogP contribution in [0.2, 0.25) is 0 Å². The zero-order valence-electron chi connectivity index (χ0n) is 8.38. The average molecular weight is 262 g/mol. The summed E-state index contributed by atoms with van der Waals surface area (Å²) in [5, 5.41) is 8.87. The smallest absolute Gasteiger partial charge is 0.307 e. The Bertz CT molecular complexity index is 233. The van der Waals surface area contributed by atoms with Crippen LogP contribution >= 0.6 is 35.6 Å². The van der Waals surface area contributed by atoms with Gasteiger partial charge in [0.1, 0.15) is 4.33 Å². The summed E-state index contributed by atoms with van der Waals surface area (Å²) in [5.74, 6) is -0.929. The molecule has 2 atom stereocenters. The molecule has 0 heterocycles. The number of aliphatic carboxylic acids is 1. The van der Waals surface area contributed by atoms with Crippen LogP contribution in [-0.4, -0.2) is 15.4 Å². The van der Waals surface area contributed by atoms with Gasteiger partial charge in [-0.3, -0.25) is 4.79 Å². The van der Waals surface area contributed by atoms with Crippen LogP contribution in [0, 0.1) is 17.3 Å². The number of hydrogen-bond acceptors (Lipinski definition) is 1. The van der Waals surface area contributed by atoms with Crippen molar-refractivity contribution in [2.75, 3.05) is 0 Å². The maximum Gasteiger partial charge on any atom is 0.307 e. The lowest BCUT2D eigenvalue weighted by atomic mass is 10.1. The summed E-state index contributed by atoms with van der Waals surface area (Å²) in [6.07, 6.45) is 0.542. The molecule has 0 amide bonds. The molecule has 0 aliphatic heterocycles. The minimum Gasteiger partial charge on any atom is -0.481 e. The molecular formula is C9H15Cl3O2. The van der Waals surface area contributed by atoms with Gasteiger partial charge in [0.15, 0.2) is 0 Å². The third kappa shape index (κ3) is 2.91. The Labute approximate surface area is 100 Å². The lowest BCUT2D eigenvalue weighted by molar-refractivity contribution is -0.139. The second kappa shape index (κ2) is 4.07. The number of hydrogen-bond donors (Lipinski definition) is 1. The van der Waals surface area contributed by atoms with E-state index in [1.165, 1.54) is 0 Å². The molecule has 0 spiro atoms. The van der Waals surface area contributed by atoms with Crippen molar-refractivity contribution in [2.24, 2.45) is 17.3 Å². The first-order chi connectivity index (χ1) is 5.66. The second-order valence-corrected chi connectivity index (χ2v) is 6.38. The second-order valence-electron chi connectivity index (χ2n) is 4.52. The van der Waals surface area contributed by atoms with E-state index >= 15 is 0 Å². The van der Waals surface area contributed by atoms with Crippen LogP contribution in [-0.2, 0) is 4.79 Å². The topological polar surface area (TPSA) is 37.3 Å². The number of carboxylic acid groups (broad SMARTS) is 1. The summed E-state index contributed by atoms with van der Waals surface area (Å²) >= 11 is 11.7. The van der Waals surface area contributed by atoms with Crippen LogP contribution in [0.25, 0.3) is 0 Å². The van der Waals surface area contributed by atoms with E-state index in [-0.39, 0.29) is 29.7 Å². The Hall–Kier alpha value is 0.340. The van der Waals surface area contributed by atoms with Gasteiger partial charge in [-0.25, -0.2) is 0 Å². The van der Waals surface area contributed by atoms with Crippen molar-refractivity contribution in [3.8, 4) is 0 Å². The van der Waals surface area contributed by atoms with E-state index in [0.717, 1.165) is 0 Å². The van der Waals surface area contributed by atoms with Gasteiger partial charge in [-0.1, -0.05) is 13.8 Å². The Kier molecular flexibility index (Phi) is 4.17. The molecule has 1 N–H and O–H groups in total. The van der Waals surface area contributed by atoms with Gasteiger partial charge in [0, 0.05) is 0 Å². The van der Waals surface area contributed by atoms with Gasteiger partial charge in [-0.05, 0) is 24.7 Å². The fourth-order valence-electron chi connectivity index (χ4n) is 2.00. The number of carbonyl (C=O) groups is 1. The molecule has 1 rings (SSSR count). The highest BCUT2D eigenvalue weighted by Crippen LogP contribution is 2.62. The molecule has 0 aromatic carbocycles. The van der Waals surface area contributed by atoms with E-state index in [0.29, 0.717) is 6.42 Å². The first kappa shape index (κ1) is 14.3. The van der Waals surface area contributed by atoms with Gasteiger partial charge in [0.05, 0.1) is 5.92 Å². The first-order valence-electron chi connectivity index (χ1n) is 4.27. The minimum absolute atomic E-state index is 0. The van der Waals surface area contributed by atoms with Gasteiger partial charge < -0.3 is 5.11 Å². The van der Waals surface area contributed by atoms with E-state index in [2.05, 4.69) is 0 Å². The maximum atomic E-state index is 10.8. The maximum absolute atomic E-state index is 10.8. The summed E-state index contributed by atoms with van der Waals surface area (Å²) in [6.45, 7) is 5.58. The molecule has 0 aromatic rings. The Morgan fingerprint density at radius 2 is 1.93 bits per heavy atom. The van der Waals surface area contributed by atoms with Crippen LogP contribution < -0.4 is 0 Å². The average Bonchev–Trinajstić information content (AvgIpc) is 2.28.